The van der Waals surface area contributed by atoms with Gasteiger partial charge in [0.15, 0.2) is 0 Å². The first-order valence-electron chi connectivity index (χ1n) is 18.1. The van der Waals surface area contributed by atoms with Crippen LogP contribution in [0.15, 0.2) is 55.6 Å². The van der Waals surface area contributed by atoms with E-state index in [-0.39, 0.29) is 42.1 Å². The summed E-state index contributed by atoms with van der Waals surface area (Å²) in [6, 6.07) is 6.81. The van der Waals surface area contributed by atoms with Crippen LogP contribution in [0, 0.1) is 17.8 Å². The number of allylic oxidation sites excluding steroid dienone is 1. The van der Waals surface area contributed by atoms with Gasteiger partial charge in [-0.15, -0.1) is 13.2 Å². The molecule has 1 aromatic rings. The maximum Gasteiger partial charge on any atom is 0.313 e. The summed E-state index contributed by atoms with van der Waals surface area (Å²) in [4.78, 5) is 61.9. The number of nitrogens with one attached hydrogen (secondary N) is 1. The molecule has 1 unspecified atom stereocenters. The highest BCUT2D eigenvalue weighted by molar-refractivity contribution is 9.09. The van der Waals surface area contributed by atoms with E-state index < -0.39 is 59.6 Å². The zero-order chi connectivity index (χ0) is 36.9. The summed E-state index contributed by atoms with van der Waals surface area (Å²) < 4.78 is 18.5. The Morgan fingerprint density at radius 2 is 1.86 bits per heavy atom. The molecule has 2 N–H and O–H groups in total. The van der Waals surface area contributed by atoms with Crippen molar-refractivity contribution in [2.75, 3.05) is 52.5 Å². The van der Waals surface area contributed by atoms with Gasteiger partial charge in [0.25, 0.3) is 0 Å². The number of carbonyl (C=O) groups excluding carboxylic acids is 4. The summed E-state index contributed by atoms with van der Waals surface area (Å²) in [5.41, 5.74) is -0.645. The molecule has 280 valence electrons. The molecule has 0 radical (unpaired) electrons. The van der Waals surface area contributed by atoms with Crippen molar-refractivity contribution in [1.82, 2.24) is 20.0 Å². The van der Waals surface area contributed by atoms with Crippen LogP contribution in [0.5, 0.6) is 0 Å². The average Bonchev–Trinajstić information content (AvgIpc) is 3.72. The number of nitrogens with zero attached hydrogens (tertiary/aromatic N) is 3. The van der Waals surface area contributed by atoms with E-state index in [2.05, 4.69) is 39.3 Å². The summed E-state index contributed by atoms with van der Waals surface area (Å²) in [6.45, 7) is 16.9. The first-order chi connectivity index (χ1) is 24.5. The molecule has 4 heterocycles. The van der Waals surface area contributed by atoms with Gasteiger partial charge in [-0.2, -0.15) is 0 Å². The molecule has 5 rings (SSSR count). The zero-order valence-electron chi connectivity index (χ0n) is 30.0. The SMILES string of the molecule is C=CCCC(=O)N[C@H](C)[C@@H](OC(=O)[C@@H]1[C@H]2O[C@@]3(CC2Br)[C@H](C(=O)N(CC=C)CCN2CCOCC2)N([C@@H](CO)C(C)C)C(=O)[C@@H]13)c1ccccc1. The summed E-state index contributed by atoms with van der Waals surface area (Å²) in [5.74, 6) is -3.78. The molecular weight excluding hydrogens is 720 g/mol. The topological polar surface area (TPSA) is 138 Å². The lowest BCUT2D eigenvalue weighted by atomic mass is 9.70. The van der Waals surface area contributed by atoms with E-state index in [4.69, 9.17) is 14.2 Å². The Morgan fingerprint density at radius 3 is 2.49 bits per heavy atom. The summed E-state index contributed by atoms with van der Waals surface area (Å²) in [6.07, 6.45) is 2.82. The first kappa shape index (κ1) is 39.1. The Balaban J connectivity index is 1.48. The van der Waals surface area contributed by atoms with Gasteiger partial charge in [0.05, 0.1) is 49.8 Å². The molecule has 1 aromatic carbocycles. The molecule has 0 aliphatic carbocycles. The number of hydrogen-bond donors (Lipinski definition) is 2. The molecule has 4 fully saturated rings. The Morgan fingerprint density at radius 1 is 1.16 bits per heavy atom. The van der Waals surface area contributed by atoms with Gasteiger partial charge in [0.1, 0.15) is 17.7 Å². The van der Waals surface area contributed by atoms with Crippen molar-refractivity contribution in [3.8, 4) is 0 Å². The molecule has 0 aromatic heterocycles. The van der Waals surface area contributed by atoms with Gasteiger partial charge in [-0.05, 0) is 31.2 Å². The van der Waals surface area contributed by atoms with Crippen molar-refractivity contribution < 1.29 is 38.5 Å². The molecule has 4 aliphatic rings. The molecule has 2 bridgehead atoms. The molecule has 13 heteroatoms. The predicted molar refractivity (Wildman–Crippen MR) is 195 cm³/mol. The van der Waals surface area contributed by atoms with Crippen molar-refractivity contribution >= 4 is 39.6 Å². The lowest BCUT2D eigenvalue weighted by Gasteiger charge is -2.41. The highest BCUT2D eigenvalue weighted by Crippen LogP contribution is 2.61. The second-order valence-corrected chi connectivity index (χ2v) is 15.6. The van der Waals surface area contributed by atoms with Crippen LogP contribution < -0.4 is 5.32 Å². The Kier molecular flexibility index (Phi) is 13.2. The minimum absolute atomic E-state index is 0.193. The fourth-order valence-corrected chi connectivity index (χ4v) is 9.18. The van der Waals surface area contributed by atoms with Gasteiger partial charge in [-0.3, -0.25) is 24.1 Å². The van der Waals surface area contributed by atoms with Crippen molar-refractivity contribution in [1.29, 1.82) is 0 Å². The molecule has 4 aliphatic heterocycles. The van der Waals surface area contributed by atoms with Gasteiger partial charge in [-0.25, -0.2) is 0 Å². The molecule has 12 nitrogen and oxygen atoms in total. The minimum atomic E-state index is -1.33. The third-order valence-corrected chi connectivity index (χ3v) is 11.6. The predicted octanol–water partition coefficient (Wildman–Crippen LogP) is 2.85. The molecule has 51 heavy (non-hydrogen) atoms. The molecule has 4 saturated heterocycles. The van der Waals surface area contributed by atoms with Crippen molar-refractivity contribution in [3.63, 3.8) is 0 Å². The van der Waals surface area contributed by atoms with Gasteiger partial charge in [-0.1, -0.05) is 72.3 Å². The normalized spacial score (nSPS) is 28.9. The monoisotopic (exact) mass is 772 g/mol. The number of morpholine rings is 1. The Hall–Kier alpha value is -3.10. The van der Waals surface area contributed by atoms with Gasteiger partial charge in [0.2, 0.25) is 17.7 Å². The van der Waals surface area contributed by atoms with Gasteiger partial charge < -0.3 is 34.4 Å². The highest BCUT2D eigenvalue weighted by Gasteiger charge is 2.77. The van der Waals surface area contributed by atoms with E-state index in [1.807, 2.05) is 44.2 Å². The lowest BCUT2D eigenvalue weighted by Crippen LogP contribution is -2.60. The number of benzene rings is 1. The molecule has 1 spiro atoms. The fraction of sp³-hybridized carbons (Fsp3) is 0.632. The number of fused-ring (bicyclic) bond motifs is 1. The van der Waals surface area contributed by atoms with Crippen LogP contribution in [0.3, 0.4) is 0 Å². The highest BCUT2D eigenvalue weighted by atomic mass is 79.9. The van der Waals surface area contributed by atoms with E-state index in [0.717, 1.165) is 13.1 Å². The third kappa shape index (κ3) is 7.97. The zero-order valence-corrected chi connectivity index (χ0v) is 31.5. The second-order valence-electron chi connectivity index (χ2n) is 14.4. The van der Waals surface area contributed by atoms with Crippen LogP contribution in [0.1, 0.15) is 51.7 Å². The van der Waals surface area contributed by atoms with Gasteiger partial charge >= 0.3 is 5.97 Å². The van der Waals surface area contributed by atoms with Crippen molar-refractivity contribution in [2.45, 2.75) is 80.8 Å². The fourth-order valence-electron chi connectivity index (χ4n) is 8.24. The van der Waals surface area contributed by atoms with Crippen molar-refractivity contribution in [3.05, 3.63) is 61.2 Å². The minimum Gasteiger partial charge on any atom is -0.455 e. The number of carbonyl (C=O) groups is 4. The van der Waals surface area contributed by atoms with E-state index in [1.54, 1.807) is 24.0 Å². The number of ether oxygens (including phenoxy) is 3. The Bertz CT molecular complexity index is 1420. The number of amides is 3. The van der Waals surface area contributed by atoms with Crippen LogP contribution in [-0.4, -0.2) is 131 Å². The van der Waals surface area contributed by atoms with E-state index in [0.29, 0.717) is 44.7 Å². The maximum atomic E-state index is 14.8. The second kappa shape index (κ2) is 17.2. The third-order valence-electron chi connectivity index (χ3n) is 10.8. The Labute approximate surface area is 309 Å². The van der Waals surface area contributed by atoms with Crippen LogP contribution in [0.4, 0.5) is 0 Å². The maximum absolute atomic E-state index is 14.8. The summed E-state index contributed by atoms with van der Waals surface area (Å²) in [7, 11) is 0. The summed E-state index contributed by atoms with van der Waals surface area (Å²) in [5, 5.41) is 13.6. The number of rotatable bonds is 17. The first-order valence-corrected chi connectivity index (χ1v) is 19.0. The van der Waals surface area contributed by atoms with E-state index in [9.17, 15) is 24.3 Å². The van der Waals surface area contributed by atoms with Crippen LogP contribution >= 0.6 is 15.9 Å². The number of aliphatic hydroxyl groups is 1. The largest absolute Gasteiger partial charge is 0.455 e. The van der Waals surface area contributed by atoms with E-state index in [1.165, 1.54) is 4.90 Å². The molecule has 0 saturated carbocycles. The number of halogens is 1. The smallest absolute Gasteiger partial charge is 0.313 e. The number of esters is 1. The van der Waals surface area contributed by atoms with Gasteiger partial charge in [0, 0.05) is 44.0 Å². The average molecular weight is 774 g/mol. The number of hydrogen-bond acceptors (Lipinski definition) is 9. The van der Waals surface area contributed by atoms with E-state index >= 15 is 0 Å². The van der Waals surface area contributed by atoms with Crippen LogP contribution in [0.25, 0.3) is 0 Å². The van der Waals surface area contributed by atoms with Crippen molar-refractivity contribution in [2.24, 2.45) is 17.8 Å². The molecular formula is C38H53BrN4O8. The number of aliphatic hydroxyl groups excluding tert-OH is 1. The number of alkyl halides is 1. The summed E-state index contributed by atoms with van der Waals surface area (Å²) >= 11 is 3.75. The number of likely N-dealkylation sites (tertiary alicyclic amines) is 1. The standard InChI is InChI=1S/C38H53BrN4O8/c1-6-8-14-29(45)40-25(5)32(26-12-10-9-11-13-26)50-37(48)30-31-35(46)43(28(23-44)24(3)4)34(38(31)22-27(39)33(30)51-38)36(47)42(15-7-2)17-16-41-18-20-49-21-19-41/h6-7,9-13,24-25,27-28,30-34,44H,1-2,8,14-23H2,3-5H3,(H,40,45)/t25-,27?,28+,30+,31-,32-,33+,34+,38-/m1/s1. The quantitative estimate of drug-likeness (QED) is 0.139. The molecule has 3 amide bonds. The van der Waals surface area contributed by atoms with Crippen LogP contribution in [0.2, 0.25) is 0 Å². The lowest BCUT2D eigenvalue weighted by molar-refractivity contribution is -0.162. The van der Waals surface area contributed by atoms with Crippen LogP contribution in [-0.2, 0) is 33.4 Å². The molecule has 9 atom stereocenters.